The summed E-state index contributed by atoms with van der Waals surface area (Å²) in [5.41, 5.74) is -1.44. The molecule has 3 nitrogen and oxygen atoms in total. The summed E-state index contributed by atoms with van der Waals surface area (Å²) in [7, 11) is 0. The fraction of sp³-hybridized carbons (Fsp3) is 0.826. The molecule has 6 atom stereocenters. The second-order valence-electron chi connectivity index (χ2n) is 10.6. The van der Waals surface area contributed by atoms with Gasteiger partial charge in [0.15, 0.2) is 5.78 Å². The van der Waals surface area contributed by atoms with Gasteiger partial charge in [-0.3, -0.25) is 9.59 Å². The third-order valence-corrected chi connectivity index (χ3v) is 9.74. The Kier molecular flexibility index (Phi) is 3.98. The number of carbonyl (C=O) groups is 2. The van der Waals surface area contributed by atoms with Crippen molar-refractivity contribution in [3.05, 3.63) is 11.1 Å². The molecule has 4 fully saturated rings. The molecule has 1 spiro atoms. The number of esters is 1. The van der Waals surface area contributed by atoms with Crippen LogP contribution >= 0.6 is 0 Å². The van der Waals surface area contributed by atoms with Crippen LogP contribution in [0.1, 0.15) is 78.1 Å². The summed E-state index contributed by atoms with van der Waals surface area (Å²) in [6.07, 6.45) is 1.96. The number of halogens is 3. The highest BCUT2D eigenvalue weighted by Crippen LogP contribution is 2.70. The number of Topliss-reactive ketones (excluding diaryl/α,β-unsaturated/α-hetero) is 1. The van der Waals surface area contributed by atoms with Gasteiger partial charge in [0.2, 0.25) is 0 Å². The number of allylic oxidation sites excluding steroid dienone is 1. The molecule has 0 bridgehead atoms. The molecule has 0 aromatic rings. The van der Waals surface area contributed by atoms with Crippen molar-refractivity contribution >= 4 is 11.8 Å². The van der Waals surface area contributed by atoms with E-state index >= 15 is 0 Å². The Hall–Kier alpha value is -1.33. The molecule has 0 N–H and O–H groups in total. The summed E-state index contributed by atoms with van der Waals surface area (Å²) < 4.78 is 47.2. The van der Waals surface area contributed by atoms with Gasteiger partial charge < -0.3 is 4.74 Å². The van der Waals surface area contributed by atoms with Crippen molar-refractivity contribution in [2.75, 3.05) is 0 Å². The Morgan fingerprint density at radius 3 is 2.28 bits per heavy atom. The first-order valence-electron chi connectivity index (χ1n) is 11.1. The summed E-state index contributed by atoms with van der Waals surface area (Å²) >= 11 is 0. The van der Waals surface area contributed by atoms with E-state index in [9.17, 15) is 22.8 Å². The average Bonchev–Trinajstić information content (AvgIpc) is 3.15. The maximum absolute atomic E-state index is 13.7. The number of carbonyl (C=O) groups excluding carboxylic acids is 2. The molecule has 29 heavy (non-hydrogen) atoms. The lowest BCUT2D eigenvalue weighted by molar-refractivity contribution is -0.168. The zero-order valence-electron chi connectivity index (χ0n) is 17.2. The molecule has 1 aliphatic heterocycles. The van der Waals surface area contributed by atoms with E-state index in [1.807, 2.05) is 6.92 Å². The van der Waals surface area contributed by atoms with Crippen LogP contribution in [0, 0.1) is 28.6 Å². The van der Waals surface area contributed by atoms with Crippen LogP contribution in [0.3, 0.4) is 0 Å². The molecule has 4 aliphatic carbocycles. The van der Waals surface area contributed by atoms with Crippen LogP contribution in [0.2, 0.25) is 0 Å². The van der Waals surface area contributed by atoms with Gasteiger partial charge in [0.1, 0.15) is 5.60 Å². The number of ketones is 1. The lowest BCUT2D eigenvalue weighted by Crippen LogP contribution is -2.55. The molecule has 0 aromatic heterocycles. The molecule has 1 saturated heterocycles. The predicted molar refractivity (Wildman–Crippen MR) is 99.8 cm³/mol. The molecule has 160 valence electrons. The average molecular weight is 410 g/mol. The van der Waals surface area contributed by atoms with E-state index in [1.165, 1.54) is 0 Å². The van der Waals surface area contributed by atoms with Gasteiger partial charge in [-0.15, -0.1) is 0 Å². The molecule has 0 radical (unpaired) electrons. The minimum absolute atomic E-state index is 0.00154. The van der Waals surface area contributed by atoms with Crippen molar-refractivity contribution in [2.45, 2.75) is 89.8 Å². The maximum Gasteiger partial charge on any atom is 0.419 e. The Bertz CT molecular complexity index is 815. The first-order valence-corrected chi connectivity index (χ1v) is 11.1. The summed E-state index contributed by atoms with van der Waals surface area (Å²) in [6.45, 7) is 4.25. The molecule has 1 heterocycles. The first kappa shape index (κ1) is 19.6. The van der Waals surface area contributed by atoms with Gasteiger partial charge >= 0.3 is 12.1 Å². The molecular formula is C23H29F3O3. The van der Waals surface area contributed by atoms with E-state index in [4.69, 9.17) is 4.74 Å². The van der Waals surface area contributed by atoms with Gasteiger partial charge in [0, 0.05) is 18.3 Å². The molecule has 0 amide bonds. The topological polar surface area (TPSA) is 43.4 Å². The number of alkyl halides is 3. The monoisotopic (exact) mass is 410 g/mol. The SMILES string of the molecule is C[C@]12CCC(=O)C(C(F)(F)F)=C1CC[C@@H]1[C@@H]2CC[C@@]2(C)[C@H]1CC[C@@]21CCC(=O)O1. The van der Waals surface area contributed by atoms with Crippen molar-refractivity contribution in [3.63, 3.8) is 0 Å². The van der Waals surface area contributed by atoms with Gasteiger partial charge in [-0.1, -0.05) is 13.8 Å². The fourth-order valence-electron chi connectivity index (χ4n) is 8.34. The van der Waals surface area contributed by atoms with Crippen LogP contribution < -0.4 is 0 Å². The Balaban J connectivity index is 1.52. The minimum Gasteiger partial charge on any atom is -0.458 e. The van der Waals surface area contributed by atoms with Crippen LogP contribution in [0.25, 0.3) is 0 Å². The zero-order valence-corrected chi connectivity index (χ0v) is 17.2. The van der Waals surface area contributed by atoms with Gasteiger partial charge in [-0.25, -0.2) is 0 Å². The third kappa shape index (κ3) is 2.43. The Morgan fingerprint density at radius 2 is 1.62 bits per heavy atom. The number of hydrogen-bond donors (Lipinski definition) is 0. The van der Waals surface area contributed by atoms with E-state index in [0.717, 1.165) is 32.1 Å². The summed E-state index contributed by atoms with van der Waals surface area (Å²) in [6, 6.07) is 0. The third-order valence-electron chi connectivity index (χ3n) is 9.74. The number of hydrogen-bond acceptors (Lipinski definition) is 3. The lowest BCUT2D eigenvalue weighted by Gasteiger charge is -2.59. The first-order chi connectivity index (χ1) is 13.5. The quantitative estimate of drug-likeness (QED) is 0.494. The fourth-order valence-corrected chi connectivity index (χ4v) is 8.34. The smallest absolute Gasteiger partial charge is 0.419 e. The summed E-state index contributed by atoms with van der Waals surface area (Å²) in [4.78, 5) is 24.1. The number of fused-ring (bicyclic) bond motifs is 6. The summed E-state index contributed by atoms with van der Waals surface area (Å²) in [5, 5.41) is 0. The molecule has 6 heteroatoms. The highest BCUT2D eigenvalue weighted by molar-refractivity contribution is 5.98. The van der Waals surface area contributed by atoms with Gasteiger partial charge in [0.05, 0.1) is 5.57 Å². The van der Waals surface area contributed by atoms with Gasteiger partial charge in [-0.05, 0) is 80.1 Å². The molecule has 3 saturated carbocycles. The van der Waals surface area contributed by atoms with Crippen LogP contribution in [-0.2, 0) is 14.3 Å². The Morgan fingerprint density at radius 1 is 0.897 bits per heavy atom. The van der Waals surface area contributed by atoms with Crippen LogP contribution in [0.5, 0.6) is 0 Å². The largest absolute Gasteiger partial charge is 0.458 e. The molecule has 0 aromatic carbocycles. The normalized spacial score (nSPS) is 47.1. The summed E-state index contributed by atoms with van der Waals surface area (Å²) in [5.74, 6) is 0.0978. The van der Waals surface area contributed by atoms with Crippen molar-refractivity contribution in [3.8, 4) is 0 Å². The van der Waals surface area contributed by atoms with Crippen LogP contribution in [0.15, 0.2) is 11.1 Å². The highest BCUT2D eigenvalue weighted by atomic mass is 19.4. The highest BCUT2D eigenvalue weighted by Gasteiger charge is 2.67. The standard InChI is InChI=1S/C23H29F3O3/c1-20-9-7-17(27)19(23(24,25)26)16(20)4-3-13-14(20)5-10-21(2)15(13)6-11-22(21)12-8-18(28)29-22/h13-15H,3-12H2,1-2H3/t13-,14+,15+,20-,21+,22-/m1/s1. The molecule has 5 rings (SSSR count). The lowest BCUT2D eigenvalue weighted by atomic mass is 9.45. The minimum atomic E-state index is -4.56. The van der Waals surface area contributed by atoms with Crippen LogP contribution in [0.4, 0.5) is 13.2 Å². The van der Waals surface area contributed by atoms with Gasteiger partial charge in [-0.2, -0.15) is 13.2 Å². The van der Waals surface area contributed by atoms with Gasteiger partial charge in [0.25, 0.3) is 0 Å². The number of ether oxygens (including phenoxy) is 1. The molecular weight excluding hydrogens is 381 g/mol. The van der Waals surface area contributed by atoms with Crippen LogP contribution in [-0.4, -0.2) is 23.5 Å². The van der Waals surface area contributed by atoms with Crippen molar-refractivity contribution in [1.82, 2.24) is 0 Å². The van der Waals surface area contributed by atoms with Crippen molar-refractivity contribution in [1.29, 1.82) is 0 Å². The second-order valence-corrected chi connectivity index (χ2v) is 10.6. The molecule has 0 unspecified atom stereocenters. The van der Waals surface area contributed by atoms with E-state index in [2.05, 4.69) is 6.92 Å². The zero-order chi connectivity index (χ0) is 20.8. The van der Waals surface area contributed by atoms with Crippen molar-refractivity contribution in [2.24, 2.45) is 28.6 Å². The van der Waals surface area contributed by atoms with E-state index in [0.29, 0.717) is 43.1 Å². The van der Waals surface area contributed by atoms with E-state index in [-0.39, 0.29) is 29.3 Å². The van der Waals surface area contributed by atoms with Crippen molar-refractivity contribution < 1.29 is 27.5 Å². The second kappa shape index (κ2) is 5.88. The molecule has 5 aliphatic rings. The number of rotatable bonds is 0. The van der Waals surface area contributed by atoms with E-state index < -0.39 is 22.9 Å². The maximum atomic E-state index is 13.7. The predicted octanol–water partition coefficient (Wildman–Crippen LogP) is 5.53. The Labute approximate surface area is 169 Å². The van der Waals surface area contributed by atoms with E-state index in [1.54, 1.807) is 0 Å².